The number of hydrogen-bond acceptors (Lipinski definition) is 6. The van der Waals surface area contributed by atoms with E-state index >= 15 is 0 Å². The van der Waals surface area contributed by atoms with Gasteiger partial charge < -0.3 is 15.0 Å². The van der Waals surface area contributed by atoms with Gasteiger partial charge in [-0.2, -0.15) is 0 Å². The summed E-state index contributed by atoms with van der Waals surface area (Å²) < 4.78 is 6.74. The molecule has 19 heavy (non-hydrogen) atoms. The van der Waals surface area contributed by atoms with Crippen molar-refractivity contribution in [1.82, 2.24) is 14.5 Å². The lowest BCUT2D eigenvalue weighted by Gasteiger charge is -2.14. The third-order valence-electron chi connectivity index (χ3n) is 2.79. The number of nitrogen functional groups attached to an aromatic ring is 1. The van der Waals surface area contributed by atoms with Crippen LogP contribution in [-0.4, -0.2) is 27.1 Å². The minimum atomic E-state index is -0.492. The Morgan fingerprint density at radius 2 is 2.37 bits per heavy atom. The zero-order valence-electron chi connectivity index (χ0n) is 11.1. The molecule has 6 nitrogen and oxygen atoms in total. The number of rotatable bonds is 4. The van der Waals surface area contributed by atoms with E-state index in [1.807, 2.05) is 19.2 Å². The molecule has 0 saturated heterocycles. The average Bonchev–Trinajstić information content (AvgIpc) is 2.97. The number of ether oxygens (including phenoxy) is 1. The SMILES string of the molecule is CCOC(=O)c1nc(C)n(C(C)c2nccs2)c1N. The standard InChI is InChI=1S/C12H16N4O2S/c1-4-18-12(17)9-10(13)16(8(3)15-9)7(2)11-14-5-6-19-11/h5-7H,4,13H2,1-3H3. The summed E-state index contributed by atoms with van der Waals surface area (Å²) in [5.41, 5.74) is 6.19. The van der Waals surface area contributed by atoms with E-state index < -0.39 is 5.97 Å². The summed E-state index contributed by atoms with van der Waals surface area (Å²) in [6, 6.07) is -0.0596. The molecule has 0 aromatic carbocycles. The van der Waals surface area contributed by atoms with Crippen LogP contribution < -0.4 is 5.73 Å². The second-order valence-electron chi connectivity index (χ2n) is 4.03. The lowest BCUT2D eigenvalue weighted by atomic mass is 10.3. The third-order valence-corrected chi connectivity index (χ3v) is 3.74. The molecule has 0 aliphatic rings. The van der Waals surface area contributed by atoms with Gasteiger partial charge in [0.15, 0.2) is 5.69 Å². The van der Waals surface area contributed by atoms with Gasteiger partial charge in [-0.15, -0.1) is 11.3 Å². The van der Waals surface area contributed by atoms with Crippen LogP contribution in [0.4, 0.5) is 5.82 Å². The molecule has 2 N–H and O–H groups in total. The van der Waals surface area contributed by atoms with Crippen LogP contribution in [0.3, 0.4) is 0 Å². The van der Waals surface area contributed by atoms with E-state index in [1.165, 1.54) is 11.3 Å². The van der Waals surface area contributed by atoms with Gasteiger partial charge in [0.1, 0.15) is 16.6 Å². The molecule has 1 atom stereocenters. The molecule has 0 radical (unpaired) electrons. The number of aryl methyl sites for hydroxylation is 1. The van der Waals surface area contributed by atoms with E-state index in [9.17, 15) is 4.79 Å². The Balaban J connectivity index is 2.39. The number of nitrogens with zero attached hydrogens (tertiary/aromatic N) is 3. The smallest absolute Gasteiger partial charge is 0.360 e. The predicted molar refractivity (Wildman–Crippen MR) is 73.3 cm³/mol. The number of esters is 1. The Labute approximate surface area is 115 Å². The fourth-order valence-electron chi connectivity index (χ4n) is 1.95. The number of nitrogens with two attached hydrogens (primary N) is 1. The average molecular weight is 280 g/mol. The molecule has 0 amide bonds. The van der Waals surface area contributed by atoms with Crippen molar-refractivity contribution >= 4 is 23.1 Å². The topological polar surface area (TPSA) is 83.0 Å². The normalized spacial score (nSPS) is 12.4. The molecule has 2 heterocycles. The fourth-order valence-corrected chi connectivity index (χ4v) is 2.64. The van der Waals surface area contributed by atoms with E-state index in [0.717, 1.165) is 5.01 Å². The third kappa shape index (κ3) is 2.46. The highest BCUT2D eigenvalue weighted by atomic mass is 32.1. The summed E-state index contributed by atoms with van der Waals surface area (Å²) >= 11 is 1.54. The molecule has 0 aliphatic carbocycles. The van der Waals surface area contributed by atoms with Gasteiger partial charge in [-0.25, -0.2) is 14.8 Å². The molecule has 7 heteroatoms. The summed E-state index contributed by atoms with van der Waals surface area (Å²) in [5, 5.41) is 2.82. The maximum Gasteiger partial charge on any atom is 0.360 e. The Hall–Kier alpha value is -1.89. The van der Waals surface area contributed by atoms with Crippen LogP contribution in [0.15, 0.2) is 11.6 Å². The van der Waals surface area contributed by atoms with Gasteiger partial charge in [0.25, 0.3) is 0 Å². The van der Waals surface area contributed by atoms with Gasteiger partial charge in [-0.05, 0) is 20.8 Å². The van der Waals surface area contributed by atoms with Crippen LogP contribution in [0.2, 0.25) is 0 Å². The lowest BCUT2D eigenvalue weighted by Crippen LogP contribution is -2.13. The van der Waals surface area contributed by atoms with Crippen LogP contribution in [-0.2, 0) is 4.74 Å². The molecule has 0 aliphatic heterocycles. The number of carbonyl (C=O) groups is 1. The lowest BCUT2D eigenvalue weighted by molar-refractivity contribution is 0.0521. The van der Waals surface area contributed by atoms with Gasteiger partial charge in [-0.1, -0.05) is 0 Å². The number of anilines is 1. The Bertz CT molecular complexity index is 577. The summed E-state index contributed by atoms with van der Waals surface area (Å²) in [5.74, 6) is 0.495. The summed E-state index contributed by atoms with van der Waals surface area (Å²) in [6.07, 6.45) is 1.74. The van der Waals surface area contributed by atoms with Crippen molar-refractivity contribution in [3.8, 4) is 0 Å². The quantitative estimate of drug-likeness (QED) is 0.866. The van der Waals surface area contributed by atoms with Crippen molar-refractivity contribution < 1.29 is 9.53 Å². The largest absolute Gasteiger partial charge is 0.461 e. The first-order valence-electron chi connectivity index (χ1n) is 5.97. The first kappa shape index (κ1) is 13.5. The number of aromatic nitrogens is 3. The minimum Gasteiger partial charge on any atom is -0.461 e. The van der Waals surface area contributed by atoms with Gasteiger partial charge in [0, 0.05) is 11.6 Å². The predicted octanol–water partition coefficient (Wildman–Crippen LogP) is 2.02. The molecular formula is C12H16N4O2S. The maximum absolute atomic E-state index is 11.7. The molecule has 102 valence electrons. The second kappa shape index (κ2) is 5.40. The van der Waals surface area contributed by atoms with Crippen molar-refractivity contribution in [3.05, 3.63) is 28.1 Å². The maximum atomic E-state index is 11.7. The fraction of sp³-hybridized carbons (Fsp3) is 0.417. The van der Waals surface area contributed by atoms with E-state index in [-0.39, 0.29) is 11.7 Å². The molecule has 0 fully saturated rings. The molecule has 2 aromatic rings. The zero-order chi connectivity index (χ0) is 14.0. The van der Waals surface area contributed by atoms with Gasteiger partial charge in [0.05, 0.1) is 12.6 Å². The molecule has 2 aromatic heterocycles. The second-order valence-corrected chi connectivity index (χ2v) is 4.96. The highest BCUT2D eigenvalue weighted by molar-refractivity contribution is 7.09. The van der Waals surface area contributed by atoms with E-state index in [2.05, 4.69) is 9.97 Å². The van der Waals surface area contributed by atoms with Crippen LogP contribution in [0.1, 0.15) is 41.2 Å². The van der Waals surface area contributed by atoms with Crippen LogP contribution in [0.5, 0.6) is 0 Å². The van der Waals surface area contributed by atoms with Gasteiger partial charge in [0.2, 0.25) is 0 Å². The number of carbonyl (C=O) groups excluding carboxylic acids is 1. The number of imidazole rings is 1. The van der Waals surface area contributed by atoms with Crippen LogP contribution in [0.25, 0.3) is 0 Å². The monoisotopic (exact) mass is 280 g/mol. The Kier molecular flexibility index (Phi) is 3.84. The Morgan fingerprint density at radius 1 is 1.63 bits per heavy atom. The van der Waals surface area contributed by atoms with E-state index in [4.69, 9.17) is 10.5 Å². The van der Waals surface area contributed by atoms with Crippen molar-refractivity contribution in [2.24, 2.45) is 0 Å². The molecule has 0 saturated carbocycles. The van der Waals surface area contributed by atoms with Gasteiger partial charge >= 0.3 is 5.97 Å². The van der Waals surface area contributed by atoms with Crippen molar-refractivity contribution in [2.75, 3.05) is 12.3 Å². The highest BCUT2D eigenvalue weighted by Crippen LogP contribution is 2.26. The summed E-state index contributed by atoms with van der Waals surface area (Å²) in [7, 11) is 0. The van der Waals surface area contributed by atoms with Crippen LogP contribution in [0, 0.1) is 6.92 Å². The molecule has 0 bridgehead atoms. The van der Waals surface area contributed by atoms with Crippen molar-refractivity contribution in [2.45, 2.75) is 26.8 Å². The number of hydrogen-bond donors (Lipinski definition) is 1. The Morgan fingerprint density at radius 3 is 2.95 bits per heavy atom. The zero-order valence-corrected chi connectivity index (χ0v) is 11.9. The first-order chi connectivity index (χ1) is 9.06. The van der Waals surface area contributed by atoms with Crippen molar-refractivity contribution in [3.63, 3.8) is 0 Å². The van der Waals surface area contributed by atoms with Crippen molar-refractivity contribution in [1.29, 1.82) is 0 Å². The summed E-state index contributed by atoms with van der Waals surface area (Å²) in [6.45, 7) is 5.82. The molecule has 0 spiro atoms. The molecule has 2 rings (SSSR count). The van der Waals surface area contributed by atoms with Crippen LogP contribution >= 0.6 is 11.3 Å². The van der Waals surface area contributed by atoms with E-state index in [0.29, 0.717) is 18.2 Å². The molecule has 1 unspecified atom stereocenters. The summed E-state index contributed by atoms with van der Waals surface area (Å²) in [4.78, 5) is 20.2. The molecular weight excluding hydrogens is 264 g/mol. The number of thiazole rings is 1. The minimum absolute atomic E-state index is 0.0596. The van der Waals surface area contributed by atoms with Gasteiger partial charge in [-0.3, -0.25) is 0 Å². The highest BCUT2D eigenvalue weighted by Gasteiger charge is 2.23. The first-order valence-corrected chi connectivity index (χ1v) is 6.85. The van der Waals surface area contributed by atoms with E-state index in [1.54, 1.807) is 17.7 Å².